The monoisotopic (exact) mass is 370 g/mol. The molecule has 0 heterocycles. The summed E-state index contributed by atoms with van der Waals surface area (Å²) in [5.74, 6) is 2.48. The average Bonchev–Trinajstić information content (AvgIpc) is 2.54. The van der Waals surface area contributed by atoms with Crippen molar-refractivity contribution in [2.75, 3.05) is 0 Å². The highest BCUT2D eigenvalue weighted by Crippen LogP contribution is 2.67. The number of rotatable bonds is 2. The van der Waals surface area contributed by atoms with Crippen LogP contribution >= 0.6 is 0 Å². The zero-order valence-electron chi connectivity index (χ0n) is 17.3. The standard InChI is InChI=1S/C24H34O3/c1-21-7-13-5-15(9-21)19(23(3,11-21)17(13)25)27-20-16-6-14-8-22(2,10-16)12-24(20,4)18(14)26/h13-16,19-20H,5-12H2,1-4H3. The Kier molecular flexibility index (Phi) is 3.00. The van der Waals surface area contributed by atoms with E-state index in [9.17, 15) is 9.59 Å². The van der Waals surface area contributed by atoms with Gasteiger partial charge >= 0.3 is 0 Å². The zero-order chi connectivity index (χ0) is 19.0. The first-order valence-corrected chi connectivity index (χ1v) is 11.3. The third-order valence-corrected chi connectivity index (χ3v) is 10.0. The van der Waals surface area contributed by atoms with E-state index in [4.69, 9.17) is 4.74 Å². The van der Waals surface area contributed by atoms with E-state index in [0.29, 0.717) is 34.2 Å². The van der Waals surface area contributed by atoms with E-state index in [-0.39, 0.29) is 34.9 Å². The second kappa shape index (κ2) is 4.71. The van der Waals surface area contributed by atoms with E-state index in [1.54, 1.807) is 0 Å². The van der Waals surface area contributed by atoms with Crippen molar-refractivity contribution in [1.29, 1.82) is 0 Å². The topological polar surface area (TPSA) is 43.4 Å². The maximum atomic E-state index is 13.2. The predicted octanol–water partition coefficient (Wildman–Crippen LogP) is 4.57. The minimum atomic E-state index is -0.323. The highest BCUT2D eigenvalue weighted by molar-refractivity contribution is 5.90. The van der Waals surface area contributed by atoms with Gasteiger partial charge in [0.1, 0.15) is 11.6 Å². The van der Waals surface area contributed by atoms with Gasteiger partial charge in [-0.15, -0.1) is 0 Å². The Balaban J connectivity index is 1.35. The normalized spacial score (nSPS) is 63.3. The van der Waals surface area contributed by atoms with Gasteiger partial charge in [-0.2, -0.15) is 0 Å². The van der Waals surface area contributed by atoms with Gasteiger partial charge in [0.2, 0.25) is 0 Å². The van der Waals surface area contributed by atoms with Crippen LogP contribution in [0.5, 0.6) is 0 Å². The Morgan fingerprint density at radius 1 is 0.704 bits per heavy atom. The molecule has 3 nitrogen and oxygen atoms in total. The molecule has 8 bridgehead atoms. The van der Waals surface area contributed by atoms with Crippen molar-refractivity contribution in [3.8, 4) is 0 Å². The molecule has 0 saturated heterocycles. The van der Waals surface area contributed by atoms with Gasteiger partial charge in [-0.1, -0.05) is 27.7 Å². The van der Waals surface area contributed by atoms with Gasteiger partial charge in [0.05, 0.1) is 23.0 Å². The van der Waals surface area contributed by atoms with Crippen LogP contribution in [0, 0.1) is 45.3 Å². The lowest BCUT2D eigenvalue weighted by Gasteiger charge is -2.66. The molecule has 0 aromatic heterocycles. The lowest BCUT2D eigenvalue weighted by Crippen LogP contribution is -2.68. The molecule has 8 rings (SSSR count). The summed E-state index contributed by atoms with van der Waals surface area (Å²) in [5, 5.41) is 0. The molecule has 0 amide bonds. The number of carbonyl (C=O) groups is 2. The molecule has 8 aliphatic carbocycles. The highest BCUT2D eigenvalue weighted by atomic mass is 16.5. The Labute approximate surface area is 163 Å². The van der Waals surface area contributed by atoms with Gasteiger partial charge in [-0.05, 0) is 74.0 Å². The van der Waals surface area contributed by atoms with Crippen LogP contribution < -0.4 is 0 Å². The van der Waals surface area contributed by atoms with Crippen LogP contribution in [0.4, 0.5) is 0 Å². The maximum Gasteiger partial charge on any atom is 0.144 e. The molecule has 148 valence electrons. The smallest absolute Gasteiger partial charge is 0.144 e. The zero-order valence-corrected chi connectivity index (χ0v) is 17.3. The van der Waals surface area contributed by atoms with Crippen LogP contribution in [0.1, 0.15) is 79.1 Å². The fourth-order valence-corrected chi connectivity index (χ4v) is 9.92. The summed E-state index contributed by atoms with van der Waals surface area (Å²) < 4.78 is 7.00. The van der Waals surface area contributed by atoms with Gasteiger partial charge in [0.15, 0.2) is 0 Å². The van der Waals surface area contributed by atoms with E-state index >= 15 is 0 Å². The van der Waals surface area contributed by atoms with Crippen LogP contribution in [-0.4, -0.2) is 23.8 Å². The van der Waals surface area contributed by atoms with Gasteiger partial charge in [0, 0.05) is 11.8 Å². The van der Waals surface area contributed by atoms with E-state index in [0.717, 1.165) is 38.5 Å². The molecule has 0 aromatic carbocycles. The van der Waals surface area contributed by atoms with Crippen molar-refractivity contribution in [3.63, 3.8) is 0 Å². The summed E-state index contributed by atoms with van der Waals surface area (Å²) in [7, 11) is 0. The largest absolute Gasteiger partial charge is 0.372 e. The molecule has 10 unspecified atom stereocenters. The molecule has 10 atom stereocenters. The van der Waals surface area contributed by atoms with Crippen LogP contribution in [-0.2, 0) is 14.3 Å². The number of hydrogen-bond acceptors (Lipinski definition) is 3. The lowest BCUT2D eigenvalue weighted by atomic mass is 9.42. The molecule has 8 saturated carbocycles. The fraction of sp³-hybridized carbons (Fsp3) is 0.917. The summed E-state index contributed by atoms with van der Waals surface area (Å²) in [4.78, 5) is 26.5. The summed E-state index contributed by atoms with van der Waals surface area (Å²) in [6, 6.07) is 0. The van der Waals surface area contributed by atoms with Crippen molar-refractivity contribution in [2.24, 2.45) is 45.3 Å². The molecule has 27 heavy (non-hydrogen) atoms. The second-order valence-electron chi connectivity index (χ2n) is 12.7. The average molecular weight is 371 g/mol. The second-order valence-corrected chi connectivity index (χ2v) is 12.7. The molecule has 0 radical (unpaired) electrons. The maximum absolute atomic E-state index is 13.2. The highest BCUT2D eigenvalue weighted by Gasteiger charge is 2.68. The molecule has 0 aliphatic heterocycles. The molecular formula is C24H34O3. The van der Waals surface area contributed by atoms with Gasteiger partial charge in [-0.3, -0.25) is 9.59 Å². The van der Waals surface area contributed by atoms with Crippen molar-refractivity contribution >= 4 is 11.6 Å². The number of hydrogen-bond donors (Lipinski definition) is 0. The Hall–Kier alpha value is -0.700. The van der Waals surface area contributed by atoms with Crippen LogP contribution in [0.25, 0.3) is 0 Å². The van der Waals surface area contributed by atoms with Gasteiger partial charge in [0.25, 0.3) is 0 Å². The first-order chi connectivity index (χ1) is 12.6. The van der Waals surface area contributed by atoms with Crippen molar-refractivity contribution in [2.45, 2.75) is 91.3 Å². The lowest BCUT2D eigenvalue weighted by molar-refractivity contribution is -0.253. The molecular weight excluding hydrogens is 336 g/mol. The molecule has 8 aliphatic rings. The fourth-order valence-electron chi connectivity index (χ4n) is 9.92. The summed E-state index contributed by atoms with van der Waals surface area (Å²) >= 11 is 0. The SMILES string of the molecule is CC12CC3CC(C1)C(OC1C4CC5CC(C)(C4)CC1(C)C5=O)C(C)(C2)C3=O. The molecule has 8 fully saturated rings. The molecule has 0 spiro atoms. The van der Waals surface area contributed by atoms with Crippen LogP contribution in [0.3, 0.4) is 0 Å². The third-order valence-electron chi connectivity index (χ3n) is 10.0. The minimum Gasteiger partial charge on any atom is -0.372 e. The van der Waals surface area contributed by atoms with E-state index in [2.05, 4.69) is 27.7 Å². The summed E-state index contributed by atoms with van der Waals surface area (Å²) in [6.45, 7) is 9.16. The summed E-state index contributed by atoms with van der Waals surface area (Å²) in [6.07, 6.45) is 8.69. The quantitative estimate of drug-likeness (QED) is 0.715. The Morgan fingerprint density at radius 2 is 1.11 bits per heavy atom. The number of Topliss-reactive ketones (excluding diaryl/α,β-unsaturated/α-hetero) is 2. The predicted molar refractivity (Wildman–Crippen MR) is 102 cm³/mol. The van der Waals surface area contributed by atoms with Crippen molar-refractivity contribution in [3.05, 3.63) is 0 Å². The summed E-state index contributed by atoms with van der Waals surface area (Å²) in [5.41, 5.74) is 0.00828. The molecule has 3 heteroatoms. The van der Waals surface area contributed by atoms with Crippen molar-refractivity contribution in [1.82, 2.24) is 0 Å². The van der Waals surface area contributed by atoms with Crippen LogP contribution in [0.2, 0.25) is 0 Å². The number of ether oxygens (including phenoxy) is 1. The Morgan fingerprint density at radius 3 is 1.52 bits per heavy atom. The first kappa shape index (κ1) is 17.2. The van der Waals surface area contributed by atoms with Gasteiger partial charge in [-0.25, -0.2) is 0 Å². The van der Waals surface area contributed by atoms with E-state index < -0.39 is 0 Å². The third kappa shape index (κ3) is 1.98. The number of ketones is 2. The van der Waals surface area contributed by atoms with Gasteiger partial charge < -0.3 is 4.74 Å². The van der Waals surface area contributed by atoms with E-state index in [1.807, 2.05) is 0 Å². The minimum absolute atomic E-state index is 0.0367. The molecule has 0 aromatic rings. The Bertz CT molecular complexity index is 697. The van der Waals surface area contributed by atoms with Crippen LogP contribution in [0.15, 0.2) is 0 Å². The van der Waals surface area contributed by atoms with E-state index in [1.165, 1.54) is 12.8 Å². The first-order valence-electron chi connectivity index (χ1n) is 11.3. The number of carbonyl (C=O) groups excluding carboxylic acids is 2. The molecule has 0 N–H and O–H groups in total. The van der Waals surface area contributed by atoms with Crippen molar-refractivity contribution < 1.29 is 14.3 Å².